The number of aryl methyl sites for hydroxylation is 1. The average molecular weight is 438 g/mol. The maximum absolute atomic E-state index is 12.8. The van der Waals surface area contributed by atoms with E-state index in [2.05, 4.69) is 15.2 Å². The Hall–Kier alpha value is -3.06. The van der Waals surface area contributed by atoms with Gasteiger partial charge in [0.05, 0.1) is 23.9 Å². The van der Waals surface area contributed by atoms with Crippen molar-refractivity contribution in [1.82, 2.24) is 9.88 Å². The first-order valence-corrected chi connectivity index (χ1v) is 11.5. The van der Waals surface area contributed by atoms with E-state index < -0.39 is 5.97 Å². The summed E-state index contributed by atoms with van der Waals surface area (Å²) in [7, 11) is 0. The van der Waals surface area contributed by atoms with Gasteiger partial charge in [-0.15, -0.1) is 11.3 Å². The standard InChI is InChI=1S/C24H27N3O3S/c1-3-30-23(28)17-10-4-6-12-19(17)26-24(29)25-16(2)21-18-11-5-7-13-20(18)31-22(21)27-14-8-9-15-27/h4,6,8-10,12,14-16H,3,5,7,11,13H2,1-2H3,(H2,25,26,29). The van der Waals surface area contributed by atoms with Crippen LogP contribution in [0.4, 0.5) is 10.5 Å². The van der Waals surface area contributed by atoms with E-state index in [9.17, 15) is 9.59 Å². The van der Waals surface area contributed by atoms with Crippen molar-refractivity contribution in [1.29, 1.82) is 0 Å². The number of aromatic nitrogens is 1. The predicted molar refractivity (Wildman–Crippen MR) is 123 cm³/mol. The summed E-state index contributed by atoms with van der Waals surface area (Å²) in [6, 6.07) is 10.4. The molecule has 1 aliphatic rings. The van der Waals surface area contributed by atoms with Gasteiger partial charge in [0.2, 0.25) is 0 Å². The molecule has 0 spiro atoms. The lowest BCUT2D eigenvalue weighted by atomic mass is 9.93. The van der Waals surface area contributed by atoms with Crippen molar-refractivity contribution in [3.63, 3.8) is 0 Å². The van der Waals surface area contributed by atoms with E-state index in [0.717, 1.165) is 17.8 Å². The third-order valence-electron chi connectivity index (χ3n) is 5.48. The lowest BCUT2D eigenvalue weighted by Crippen LogP contribution is -2.32. The summed E-state index contributed by atoms with van der Waals surface area (Å²) in [5, 5.41) is 7.06. The minimum Gasteiger partial charge on any atom is -0.462 e. The number of carbonyl (C=O) groups is 2. The molecule has 1 aliphatic carbocycles. The number of ether oxygens (including phenoxy) is 1. The molecule has 0 saturated carbocycles. The lowest BCUT2D eigenvalue weighted by molar-refractivity contribution is 0.0527. The molecule has 2 N–H and O–H groups in total. The molecule has 3 aromatic rings. The monoisotopic (exact) mass is 437 g/mol. The van der Waals surface area contributed by atoms with E-state index in [4.69, 9.17) is 4.74 Å². The van der Waals surface area contributed by atoms with Crippen molar-refractivity contribution < 1.29 is 14.3 Å². The molecule has 6 nitrogen and oxygen atoms in total. The summed E-state index contributed by atoms with van der Waals surface area (Å²) in [5.74, 6) is -0.451. The Kier molecular flexibility index (Phi) is 6.42. The molecular weight excluding hydrogens is 410 g/mol. The fourth-order valence-corrected chi connectivity index (χ4v) is 5.54. The van der Waals surface area contributed by atoms with Gasteiger partial charge in [0, 0.05) is 22.8 Å². The molecule has 162 valence electrons. The molecule has 0 bridgehead atoms. The smallest absolute Gasteiger partial charge is 0.340 e. The van der Waals surface area contributed by atoms with Crippen LogP contribution in [0.3, 0.4) is 0 Å². The predicted octanol–water partition coefficient (Wildman–Crippen LogP) is 5.48. The summed E-state index contributed by atoms with van der Waals surface area (Å²) < 4.78 is 7.23. The van der Waals surface area contributed by atoms with Gasteiger partial charge in [-0.25, -0.2) is 9.59 Å². The molecule has 2 amide bonds. The molecule has 1 unspecified atom stereocenters. The van der Waals surface area contributed by atoms with Crippen LogP contribution in [0.1, 0.15) is 59.1 Å². The van der Waals surface area contributed by atoms with E-state index in [0.29, 0.717) is 11.3 Å². The number of anilines is 1. The zero-order chi connectivity index (χ0) is 21.8. The second-order valence-electron chi connectivity index (χ2n) is 7.61. The molecule has 2 aromatic heterocycles. The largest absolute Gasteiger partial charge is 0.462 e. The highest BCUT2D eigenvalue weighted by atomic mass is 32.1. The average Bonchev–Trinajstić information content (AvgIpc) is 3.42. The summed E-state index contributed by atoms with van der Waals surface area (Å²) in [6.07, 6.45) is 8.62. The number of amides is 2. The normalized spacial score (nSPS) is 13.9. The molecule has 0 radical (unpaired) electrons. The molecular formula is C24H27N3O3S. The van der Waals surface area contributed by atoms with Gasteiger partial charge < -0.3 is 19.9 Å². The maximum atomic E-state index is 12.8. The Bertz CT molecular complexity index is 1070. The third kappa shape index (κ3) is 4.51. The number of carbonyl (C=O) groups excluding carboxylic acids is 2. The van der Waals surface area contributed by atoms with Crippen molar-refractivity contribution in [3.8, 4) is 5.00 Å². The Labute approximate surface area is 186 Å². The molecule has 4 rings (SSSR count). The van der Waals surface area contributed by atoms with Crippen molar-refractivity contribution in [2.24, 2.45) is 0 Å². The molecule has 31 heavy (non-hydrogen) atoms. The maximum Gasteiger partial charge on any atom is 0.340 e. The van der Waals surface area contributed by atoms with Crippen LogP contribution < -0.4 is 10.6 Å². The molecule has 7 heteroatoms. The van der Waals surface area contributed by atoms with Gasteiger partial charge in [-0.2, -0.15) is 0 Å². The lowest BCUT2D eigenvalue weighted by Gasteiger charge is -2.20. The number of rotatable bonds is 6. The molecule has 1 aromatic carbocycles. The van der Waals surface area contributed by atoms with Crippen LogP contribution in [-0.4, -0.2) is 23.2 Å². The second-order valence-corrected chi connectivity index (χ2v) is 8.69. The van der Waals surface area contributed by atoms with E-state index in [-0.39, 0.29) is 18.7 Å². The number of urea groups is 1. The topological polar surface area (TPSA) is 72.4 Å². The van der Waals surface area contributed by atoms with Gasteiger partial charge in [-0.1, -0.05) is 12.1 Å². The van der Waals surface area contributed by atoms with Crippen molar-refractivity contribution in [2.75, 3.05) is 11.9 Å². The number of nitrogens with zero attached hydrogens (tertiary/aromatic N) is 1. The molecule has 1 atom stereocenters. The number of fused-ring (bicyclic) bond motifs is 1. The number of hydrogen-bond acceptors (Lipinski definition) is 4. The zero-order valence-corrected chi connectivity index (χ0v) is 18.6. The van der Waals surface area contributed by atoms with Crippen LogP contribution in [0.2, 0.25) is 0 Å². The summed E-state index contributed by atoms with van der Waals surface area (Å²) >= 11 is 1.82. The Morgan fingerprint density at radius 3 is 2.65 bits per heavy atom. The van der Waals surface area contributed by atoms with Gasteiger partial charge in [-0.05, 0) is 69.4 Å². The number of benzene rings is 1. The first-order chi connectivity index (χ1) is 15.1. The molecule has 0 aliphatic heterocycles. The highest BCUT2D eigenvalue weighted by Crippen LogP contribution is 2.40. The Morgan fingerprint density at radius 2 is 1.87 bits per heavy atom. The first-order valence-electron chi connectivity index (χ1n) is 10.7. The highest BCUT2D eigenvalue weighted by molar-refractivity contribution is 7.15. The fourth-order valence-electron chi connectivity index (χ4n) is 4.09. The van der Waals surface area contributed by atoms with E-state index >= 15 is 0 Å². The minimum absolute atomic E-state index is 0.176. The Balaban J connectivity index is 1.56. The molecule has 0 fully saturated rings. The summed E-state index contributed by atoms with van der Waals surface area (Å²) in [5.41, 5.74) is 3.33. The van der Waals surface area contributed by atoms with Gasteiger partial charge >= 0.3 is 12.0 Å². The number of thiophene rings is 1. The Morgan fingerprint density at radius 1 is 1.13 bits per heavy atom. The first kappa shape index (κ1) is 21.2. The van der Waals surface area contributed by atoms with E-state index in [1.165, 1.54) is 28.8 Å². The van der Waals surface area contributed by atoms with Crippen molar-refractivity contribution in [3.05, 3.63) is 70.4 Å². The third-order valence-corrected chi connectivity index (χ3v) is 6.80. The van der Waals surface area contributed by atoms with Crippen molar-refractivity contribution >= 4 is 29.0 Å². The fraction of sp³-hybridized carbons (Fsp3) is 0.333. The van der Waals surface area contributed by atoms with Crippen LogP contribution in [0.25, 0.3) is 5.00 Å². The summed E-state index contributed by atoms with van der Waals surface area (Å²) in [6.45, 7) is 4.05. The van der Waals surface area contributed by atoms with Crippen molar-refractivity contribution in [2.45, 2.75) is 45.6 Å². The zero-order valence-electron chi connectivity index (χ0n) is 17.8. The van der Waals surface area contributed by atoms with E-state index in [1.807, 2.05) is 42.8 Å². The number of esters is 1. The van der Waals surface area contributed by atoms with Gasteiger partial charge in [0.15, 0.2) is 0 Å². The quantitative estimate of drug-likeness (QED) is 0.502. The van der Waals surface area contributed by atoms with Crippen LogP contribution >= 0.6 is 11.3 Å². The van der Waals surface area contributed by atoms with E-state index in [1.54, 1.807) is 31.2 Å². The number of nitrogens with one attached hydrogen (secondary N) is 2. The van der Waals surface area contributed by atoms with Gasteiger partial charge in [0.25, 0.3) is 0 Å². The van der Waals surface area contributed by atoms with Crippen LogP contribution in [-0.2, 0) is 17.6 Å². The van der Waals surface area contributed by atoms with Crippen LogP contribution in [0.5, 0.6) is 0 Å². The number of hydrogen-bond donors (Lipinski definition) is 2. The molecule has 2 heterocycles. The van der Waals surface area contributed by atoms with Gasteiger partial charge in [-0.3, -0.25) is 0 Å². The van der Waals surface area contributed by atoms with Crippen LogP contribution in [0, 0.1) is 0 Å². The highest BCUT2D eigenvalue weighted by Gasteiger charge is 2.26. The minimum atomic E-state index is -0.451. The SMILES string of the molecule is CCOC(=O)c1ccccc1NC(=O)NC(C)c1c(-n2cccc2)sc2c1CCCC2. The van der Waals surface area contributed by atoms with Gasteiger partial charge in [0.1, 0.15) is 5.00 Å². The van der Waals surface area contributed by atoms with Crippen LogP contribution in [0.15, 0.2) is 48.8 Å². The molecule has 0 saturated heterocycles. The number of para-hydroxylation sites is 1. The summed E-state index contributed by atoms with van der Waals surface area (Å²) in [4.78, 5) is 26.5. The second kappa shape index (κ2) is 9.39.